The normalized spacial score (nSPS) is 15.7. The van der Waals surface area contributed by atoms with Crippen LogP contribution in [0.25, 0.3) is 6.08 Å². The quantitative estimate of drug-likeness (QED) is 0.620. The Balaban J connectivity index is 1.83. The molecule has 0 unspecified atom stereocenters. The summed E-state index contributed by atoms with van der Waals surface area (Å²) in [7, 11) is 0. The lowest BCUT2D eigenvalue weighted by atomic mass is 10.1. The molecule has 0 aliphatic carbocycles. The van der Waals surface area contributed by atoms with E-state index in [1.165, 1.54) is 17.3 Å². The van der Waals surface area contributed by atoms with Gasteiger partial charge in [-0.1, -0.05) is 65.4 Å². The maximum absolute atomic E-state index is 11.8. The van der Waals surface area contributed by atoms with Gasteiger partial charge in [0.2, 0.25) is 0 Å². The van der Waals surface area contributed by atoms with Crippen molar-refractivity contribution >= 4 is 51.9 Å². The second-order valence-corrected chi connectivity index (χ2v) is 7.46. The summed E-state index contributed by atoms with van der Waals surface area (Å²) in [6.07, 6.45) is 1.75. The van der Waals surface area contributed by atoms with Crippen molar-refractivity contribution < 1.29 is 9.53 Å². The zero-order chi connectivity index (χ0) is 17.1. The number of rotatable bonds is 4. The summed E-state index contributed by atoms with van der Waals surface area (Å²) in [5.41, 5.74) is 3.02. The summed E-state index contributed by atoms with van der Waals surface area (Å²) in [6.45, 7) is 2.48. The van der Waals surface area contributed by atoms with Gasteiger partial charge in [-0.2, -0.15) is 0 Å². The molecular formula is C18H14ClNO2S2. The van der Waals surface area contributed by atoms with Crippen molar-refractivity contribution in [3.63, 3.8) is 0 Å². The van der Waals surface area contributed by atoms with E-state index in [1.54, 1.807) is 24.3 Å². The van der Waals surface area contributed by atoms with Crippen molar-refractivity contribution in [1.82, 2.24) is 5.32 Å². The second-order valence-electron chi connectivity index (χ2n) is 5.31. The number of aryl methyl sites for hydroxylation is 1. The van der Waals surface area contributed by atoms with E-state index in [1.807, 2.05) is 31.2 Å². The van der Waals surface area contributed by atoms with Gasteiger partial charge in [0.15, 0.2) is 0 Å². The molecule has 0 atom stereocenters. The number of thiocarbonyl (C=S) groups is 1. The monoisotopic (exact) mass is 375 g/mol. The first-order chi connectivity index (χ1) is 11.5. The van der Waals surface area contributed by atoms with Crippen LogP contribution in [0.2, 0.25) is 5.02 Å². The standard InChI is InChI=1S/C18H14ClNO2S2/c1-11-2-4-12(5-3-11)10-22-15-7-6-14(19)8-13(15)9-16-17(21)20-18(23)24-16/h2-9H,10H2,1H3,(H,20,21,23). The minimum atomic E-state index is -0.200. The van der Waals surface area contributed by atoms with Gasteiger partial charge in [0, 0.05) is 10.6 Å². The highest BCUT2D eigenvalue weighted by molar-refractivity contribution is 8.26. The number of carbonyl (C=O) groups is 1. The number of nitrogens with one attached hydrogen (secondary N) is 1. The predicted molar refractivity (Wildman–Crippen MR) is 103 cm³/mol. The number of thioether (sulfide) groups is 1. The number of halogens is 1. The third-order valence-corrected chi connectivity index (χ3v) is 4.81. The molecule has 0 aromatic heterocycles. The Hall–Kier alpha value is -1.82. The van der Waals surface area contributed by atoms with Gasteiger partial charge in [0.1, 0.15) is 16.7 Å². The Labute approximate surface area is 155 Å². The molecule has 3 rings (SSSR count). The highest BCUT2D eigenvalue weighted by Gasteiger charge is 2.22. The van der Waals surface area contributed by atoms with Crippen LogP contribution in [0, 0.1) is 6.92 Å². The maximum Gasteiger partial charge on any atom is 0.263 e. The van der Waals surface area contributed by atoms with E-state index >= 15 is 0 Å². The van der Waals surface area contributed by atoms with Crippen LogP contribution in [0.1, 0.15) is 16.7 Å². The van der Waals surface area contributed by atoms with Crippen LogP contribution in [0.4, 0.5) is 0 Å². The first kappa shape index (κ1) is 17.0. The van der Waals surface area contributed by atoms with Crippen LogP contribution < -0.4 is 10.1 Å². The van der Waals surface area contributed by atoms with Crippen molar-refractivity contribution in [2.24, 2.45) is 0 Å². The van der Waals surface area contributed by atoms with Crippen LogP contribution in [0.15, 0.2) is 47.4 Å². The predicted octanol–water partition coefficient (Wildman–Crippen LogP) is 4.72. The third-order valence-electron chi connectivity index (χ3n) is 3.42. The smallest absolute Gasteiger partial charge is 0.263 e. The molecule has 1 N–H and O–H groups in total. The first-order valence-corrected chi connectivity index (χ1v) is 8.84. The Kier molecular flexibility index (Phi) is 5.23. The molecule has 0 saturated carbocycles. The molecule has 122 valence electrons. The average molecular weight is 376 g/mol. The molecular weight excluding hydrogens is 362 g/mol. The summed E-state index contributed by atoms with van der Waals surface area (Å²) in [5.74, 6) is 0.466. The van der Waals surface area contributed by atoms with E-state index in [9.17, 15) is 4.79 Å². The van der Waals surface area contributed by atoms with Gasteiger partial charge in [-0.25, -0.2) is 0 Å². The molecule has 0 spiro atoms. The zero-order valence-corrected chi connectivity index (χ0v) is 15.2. The van der Waals surface area contributed by atoms with Crippen LogP contribution in [0.3, 0.4) is 0 Å². The average Bonchev–Trinajstić information content (AvgIpc) is 2.86. The van der Waals surface area contributed by atoms with Gasteiger partial charge in [-0.05, 0) is 36.8 Å². The van der Waals surface area contributed by atoms with Crippen LogP contribution >= 0.6 is 35.6 Å². The fourth-order valence-electron chi connectivity index (χ4n) is 2.17. The van der Waals surface area contributed by atoms with E-state index < -0.39 is 0 Å². The zero-order valence-electron chi connectivity index (χ0n) is 12.8. The lowest BCUT2D eigenvalue weighted by Crippen LogP contribution is -2.17. The molecule has 0 radical (unpaired) electrons. The lowest BCUT2D eigenvalue weighted by molar-refractivity contribution is -0.115. The van der Waals surface area contributed by atoms with E-state index in [0.717, 1.165) is 11.1 Å². The van der Waals surface area contributed by atoms with Crippen molar-refractivity contribution in [3.05, 3.63) is 69.1 Å². The summed E-state index contributed by atoms with van der Waals surface area (Å²) in [4.78, 5) is 12.4. The van der Waals surface area contributed by atoms with Crippen molar-refractivity contribution in [1.29, 1.82) is 0 Å². The molecule has 2 aromatic rings. The van der Waals surface area contributed by atoms with Gasteiger partial charge >= 0.3 is 0 Å². The fraction of sp³-hybridized carbons (Fsp3) is 0.111. The molecule has 3 nitrogen and oxygen atoms in total. The molecule has 1 aliphatic rings. The molecule has 0 bridgehead atoms. The highest BCUT2D eigenvalue weighted by atomic mass is 35.5. The van der Waals surface area contributed by atoms with Gasteiger partial charge in [0.25, 0.3) is 5.91 Å². The van der Waals surface area contributed by atoms with Crippen molar-refractivity contribution in [2.75, 3.05) is 0 Å². The Morgan fingerprint density at radius 3 is 2.67 bits per heavy atom. The number of hydrogen-bond acceptors (Lipinski definition) is 4. The highest BCUT2D eigenvalue weighted by Crippen LogP contribution is 2.31. The SMILES string of the molecule is Cc1ccc(COc2ccc(Cl)cc2C=C2SC(=S)NC2=O)cc1. The largest absolute Gasteiger partial charge is 0.488 e. The Morgan fingerprint density at radius 2 is 2.00 bits per heavy atom. The lowest BCUT2D eigenvalue weighted by Gasteiger charge is -2.10. The molecule has 6 heteroatoms. The number of ether oxygens (including phenoxy) is 1. The number of amides is 1. The molecule has 2 aromatic carbocycles. The molecule has 24 heavy (non-hydrogen) atoms. The summed E-state index contributed by atoms with van der Waals surface area (Å²) >= 11 is 12.3. The van der Waals surface area contributed by atoms with Gasteiger partial charge in [0.05, 0.1) is 4.91 Å². The minimum Gasteiger partial charge on any atom is -0.488 e. The van der Waals surface area contributed by atoms with E-state index in [0.29, 0.717) is 26.6 Å². The topological polar surface area (TPSA) is 38.3 Å². The third kappa shape index (κ3) is 4.17. The molecule has 1 fully saturated rings. The first-order valence-electron chi connectivity index (χ1n) is 7.24. The van der Waals surface area contributed by atoms with E-state index in [2.05, 4.69) is 5.32 Å². The van der Waals surface area contributed by atoms with Crippen molar-refractivity contribution in [2.45, 2.75) is 13.5 Å². The van der Waals surface area contributed by atoms with Gasteiger partial charge < -0.3 is 10.1 Å². The van der Waals surface area contributed by atoms with Crippen LogP contribution in [-0.2, 0) is 11.4 Å². The van der Waals surface area contributed by atoms with Crippen LogP contribution in [-0.4, -0.2) is 10.2 Å². The fourth-order valence-corrected chi connectivity index (χ4v) is 3.39. The number of hydrogen-bond donors (Lipinski definition) is 1. The number of benzene rings is 2. The molecule has 1 aliphatic heterocycles. The second kappa shape index (κ2) is 7.38. The summed E-state index contributed by atoms with van der Waals surface area (Å²) < 4.78 is 6.37. The van der Waals surface area contributed by atoms with E-state index in [4.69, 9.17) is 28.6 Å². The Bertz CT molecular complexity index is 831. The van der Waals surface area contributed by atoms with Crippen molar-refractivity contribution in [3.8, 4) is 5.75 Å². The molecule has 1 amide bonds. The van der Waals surface area contributed by atoms with Gasteiger partial charge in [-0.3, -0.25) is 4.79 Å². The Morgan fingerprint density at radius 1 is 1.25 bits per heavy atom. The summed E-state index contributed by atoms with van der Waals surface area (Å²) in [5, 5.41) is 3.18. The number of carbonyl (C=O) groups excluding carboxylic acids is 1. The van der Waals surface area contributed by atoms with Gasteiger partial charge in [-0.15, -0.1) is 0 Å². The summed E-state index contributed by atoms with van der Waals surface area (Å²) in [6, 6.07) is 13.5. The van der Waals surface area contributed by atoms with E-state index in [-0.39, 0.29) is 5.91 Å². The van der Waals surface area contributed by atoms with Crippen LogP contribution in [0.5, 0.6) is 5.75 Å². The maximum atomic E-state index is 11.8. The minimum absolute atomic E-state index is 0.200. The molecule has 1 heterocycles. The molecule has 1 saturated heterocycles.